The number of ether oxygens (including phenoxy) is 1. The first-order valence-corrected chi connectivity index (χ1v) is 12.5. The zero-order valence-corrected chi connectivity index (χ0v) is 21.2. The lowest BCUT2D eigenvalue weighted by Gasteiger charge is -2.37. The second kappa shape index (κ2) is 11.9. The smallest absolute Gasteiger partial charge is 0.222 e. The minimum Gasteiger partial charge on any atom is -0.378 e. The number of hydrogen-bond acceptors (Lipinski definition) is 9. The highest BCUT2D eigenvalue weighted by atomic mass is 16.5. The number of allylic oxidation sites excluding steroid dienone is 2. The van der Waals surface area contributed by atoms with E-state index in [1.54, 1.807) is 18.5 Å². The quantitative estimate of drug-likeness (QED) is 0.553. The van der Waals surface area contributed by atoms with E-state index in [1.807, 2.05) is 24.8 Å². The number of rotatable bonds is 8. The summed E-state index contributed by atoms with van der Waals surface area (Å²) in [7, 11) is 0. The number of morpholine rings is 1. The molecule has 2 N–H and O–H groups in total. The molecule has 0 spiro atoms. The molecule has 2 fully saturated rings. The van der Waals surface area contributed by atoms with E-state index in [4.69, 9.17) is 15.5 Å². The first kappa shape index (κ1) is 25.6. The molecule has 0 aliphatic carbocycles. The number of pyridine rings is 1. The maximum Gasteiger partial charge on any atom is 0.222 e. The van der Waals surface area contributed by atoms with Gasteiger partial charge in [0.2, 0.25) is 11.9 Å². The van der Waals surface area contributed by atoms with Crippen LogP contribution < -0.4 is 15.5 Å². The molecule has 2 aliphatic heterocycles. The lowest BCUT2D eigenvalue weighted by molar-refractivity contribution is -0.131. The van der Waals surface area contributed by atoms with Gasteiger partial charge in [-0.05, 0) is 32.4 Å². The molecule has 36 heavy (non-hydrogen) atoms. The van der Waals surface area contributed by atoms with Crippen molar-refractivity contribution in [3.05, 3.63) is 36.2 Å². The first-order valence-electron chi connectivity index (χ1n) is 12.5. The second-order valence-corrected chi connectivity index (χ2v) is 9.41. The normalized spacial score (nSPS) is 16.1. The van der Waals surface area contributed by atoms with Crippen molar-refractivity contribution in [2.24, 2.45) is 0 Å². The lowest BCUT2D eigenvalue weighted by Crippen LogP contribution is -2.48. The average Bonchev–Trinajstić information content (AvgIpc) is 2.89. The van der Waals surface area contributed by atoms with Crippen molar-refractivity contribution in [3.63, 3.8) is 0 Å². The molecule has 2 aromatic heterocycles. The van der Waals surface area contributed by atoms with Crippen molar-refractivity contribution < 1.29 is 14.3 Å². The van der Waals surface area contributed by atoms with Crippen LogP contribution in [0.5, 0.6) is 0 Å². The highest BCUT2D eigenvalue weighted by molar-refractivity contribution is 5.90. The van der Waals surface area contributed by atoms with Gasteiger partial charge >= 0.3 is 0 Å². The topological polar surface area (TPSA) is 118 Å². The van der Waals surface area contributed by atoms with Crippen LogP contribution in [0.25, 0.3) is 11.3 Å². The van der Waals surface area contributed by atoms with Gasteiger partial charge in [0.05, 0.1) is 18.9 Å². The summed E-state index contributed by atoms with van der Waals surface area (Å²) in [6.07, 6.45) is 6.43. The van der Waals surface area contributed by atoms with Crippen LogP contribution in [0.4, 0.5) is 17.5 Å². The van der Waals surface area contributed by atoms with Crippen LogP contribution in [0.1, 0.15) is 33.1 Å². The van der Waals surface area contributed by atoms with E-state index in [1.165, 1.54) is 0 Å². The Hall–Kier alpha value is -3.53. The number of carbonyl (C=O) groups excluding carboxylic acids is 2. The molecule has 4 heterocycles. The van der Waals surface area contributed by atoms with Crippen LogP contribution >= 0.6 is 0 Å². The van der Waals surface area contributed by atoms with Gasteiger partial charge in [-0.1, -0.05) is 5.57 Å². The van der Waals surface area contributed by atoms with Crippen molar-refractivity contribution >= 4 is 29.1 Å². The van der Waals surface area contributed by atoms with Gasteiger partial charge in [-0.15, -0.1) is 0 Å². The fourth-order valence-electron chi connectivity index (χ4n) is 4.44. The molecule has 2 aliphatic rings. The second-order valence-electron chi connectivity index (χ2n) is 9.41. The number of nitrogens with two attached hydrogens (primary N) is 1. The third-order valence-electron chi connectivity index (χ3n) is 6.36. The van der Waals surface area contributed by atoms with Gasteiger partial charge in [0.25, 0.3) is 0 Å². The van der Waals surface area contributed by atoms with Crippen molar-refractivity contribution in [1.29, 1.82) is 0 Å². The summed E-state index contributed by atoms with van der Waals surface area (Å²) < 4.78 is 5.52. The van der Waals surface area contributed by atoms with Crippen LogP contribution in [-0.2, 0) is 14.3 Å². The molecule has 0 atom stereocenters. The largest absolute Gasteiger partial charge is 0.378 e. The fourth-order valence-corrected chi connectivity index (χ4v) is 4.44. The van der Waals surface area contributed by atoms with E-state index < -0.39 is 0 Å². The maximum atomic E-state index is 12.7. The molecule has 0 aromatic carbocycles. The Kier molecular flexibility index (Phi) is 8.48. The number of hydrogen-bond donors (Lipinski definition) is 1. The van der Waals surface area contributed by atoms with Gasteiger partial charge in [-0.2, -0.15) is 0 Å². The average molecular weight is 494 g/mol. The summed E-state index contributed by atoms with van der Waals surface area (Å²) in [5, 5.41) is 0. The zero-order chi connectivity index (χ0) is 25.5. The fraction of sp³-hybridized carbons (Fsp3) is 0.500. The lowest BCUT2D eigenvalue weighted by atomic mass is 10.1. The van der Waals surface area contributed by atoms with E-state index in [0.29, 0.717) is 45.6 Å². The number of nitrogens with zero attached hydrogens (tertiary/aromatic N) is 6. The van der Waals surface area contributed by atoms with Crippen LogP contribution in [0.15, 0.2) is 36.2 Å². The highest BCUT2D eigenvalue weighted by Crippen LogP contribution is 2.29. The van der Waals surface area contributed by atoms with Crippen molar-refractivity contribution in [2.75, 3.05) is 68.0 Å². The monoisotopic (exact) mass is 493 g/mol. The summed E-state index contributed by atoms with van der Waals surface area (Å²) in [5.41, 5.74) is 9.31. The van der Waals surface area contributed by atoms with Crippen LogP contribution in [0.2, 0.25) is 0 Å². The summed E-state index contributed by atoms with van der Waals surface area (Å²) in [6.45, 7) is 9.48. The van der Waals surface area contributed by atoms with Crippen LogP contribution in [-0.4, -0.2) is 84.0 Å². The third-order valence-corrected chi connectivity index (χ3v) is 6.36. The van der Waals surface area contributed by atoms with Crippen molar-refractivity contribution in [1.82, 2.24) is 19.9 Å². The minimum atomic E-state index is 0.0867. The molecule has 4 rings (SSSR count). The van der Waals surface area contributed by atoms with Gasteiger partial charge in [0.15, 0.2) is 5.78 Å². The van der Waals surface area contributed by atoms with E-state index in [2.05, 4.69) is 25.8 Å². The molecular weight excluding hydrogens is 458 g/mol. The predicted molar refractivity (Wildman–Crippen MR) is 140 cm³/mol. The van der Waals surface area contributed by atoms with E-state index in [-0.39, 0.29) is 17.6 Å². The third kappa shape index (κ3) is 6.78. The molecule has 0 bridgehead atoms. The summed E-state index contributed by atoms with van der Waals surface area (Å²) in [4.78, 5) is 44.1. The number of carbonyl (C=O) groups is 2. The van der Waals surface area contributed by atoms with Gasteiger partial charge in [-0.25, -0.2) is 15.0 Å². The Balaban J connectivity index is 1.42. The summed E-state index contributed by atoms with van der Waals surface area (Å²) in [6, 6.07) is 4.16. The number of piperazine rings is 1. The minimum absolute atomic E-state index is 0.0867. The van der Waals surface area contributed by atoms with Gasteiger partial charge in [0, 0.05) is 81.8 Å². The highest BCUT2D eigenvalue weighted by Gasteiger charge is 2.23. The van der Waals surface area contributed by atoms with Crippen LogP contribution in [0.3, 0.4) is 0 Å². The number of amides is 1. The number of nitrogen functional groups attached to an aromatic ring is 1. The molecule has 2 saturated heterocycles. The Morgan fingerprint density at radius 2 is 1.67 bits per heavy atom. The molecule has 0 saturated carbocycles. The standard InChI is InChI=1S/C26H35N7O3/c1-19(2)14-22(34)4-3-5-25(35)33-8-6-31(7-9-33)21-15-23(20-17-28-26(27)29-18-20)30-24(16-21)32-10-12-36-13-11-32/h14-18H,3-13H2,1-2H3,(H2,27,28,29). The molecule has 0 radical (unpaired) electrons. The Morgan fingerprint density at radius 3 is 2.33 bits per heavy atom. The Morgan fingerprint density at radius 1 is 0.972 bits per heavy atom. The molecule has 10 nitrogen and oxygen atoms in total. The summed E-state index contributed by atoms with van der Waals surface area (Å²) in [5.74, 6) is 1.32. The van der Waals surface area contributed by atoms with Crippen LogP contribution in [0, 0.1) is 0 Å². The van der Waals surface area contributed by atoms with E-state index >= 15 is 0 Å². The maximum absolute atomic E-state index is 12.7. The van der Waals surface area contributed by atoms with E-state index in [0.717, 1.165) is 54.5 Å². The summed E-state index contributed by atoms with van der Waals surface area (Å²) >= 11 is 0. The predicted octanol–water partition coefficient (Wildman–Crippen LogP) is 2.31. The van der Waals surface area contributed by atoms with E-state index in [9.17, 15) is 9.59 Å². The van der Waals surface area contributed by atoms with Gasteiger partial charge < -0.3 is 25.2 Å². The molecule has 0 unspecified atom stereocenters. The Bertz CT molecular complexity index is 1090. The molecular formula is C26H35N7O3. The molecule has 1 amide bonds. The SMILES string of the molecule is CC(C)=CC(=O)CCCC(=O)N1CCN(c2cc(-c3cnc(N)nc3)nc(N3CCOCC3)c2)CC1. The first-order chi connectivity index (χ1) is 17.4. The Labute approximate surface area is 212 Å². The number of ketones is 1. The molecule has 192 valence electrons. The zero-order valence-electron chi connectivity index (χ0n) is 21.2. The van der Waals surface area contributed by atoms with Gasteiger partial charge in [-0.3, -0.25) is 9.59 Å². The van der Waals surface area contributed by atoms with Crippen molar-refractivity contribution in [2.45, 2.75) is 33.1 Å². The number of aromatic nitrogens is 3. The molecule has 10 heteroatoms. The number of anilines is 3. The van der Waals surface area contributed by atoms with Crippen molar-refractivity contribution in [3.8, 4) is 11.3 Å². The van der Waals surface area contributed by atoms with Gasteiger partial charge in [0.1, 0.15) is 5.82 Å². The molecule has 2 aromatic rings.